The first-order valence-corrected chi connectivity index (χ1v) is 9.89. The molecule has 1 heterocycles. The van der Waals surface area contributed by atoms with Crippen molar-refractivity contribution >= 4 is 17.5 Å². The van der Waals surface area contributed by atoms with Crippen molar-refractivity contribution in [3.63, 3.8) is 0 Å². The van der Waals surface area contributed by atoms with E-state index in [4.69, 9.17) is 0 Å². The molecular formula is C21H28N2O2. The summed E-state index contributed by atoms with van der Waals surface area (Å²) in [6.07, 6.45) is 9.14. The number of carbonyl (C=O) groups excluding carboxylic acids is 2. The lowest BCUT2D eigenvalue weighted by Crippen LogP contribution is -2.36. The molecule has 3 unspecified atom stereocenters. The summed E-state index contributed by atoms with van der Waals surface area (Å²) in [4.78, 5) is 27.3. The van der Waals surface area contributed by atoms with E-state index in [2.05, 4.69) is 5.32 Å². The van der Waals surface area contributed by atoms with Crippen LogP contribution in [0, 0.1) is 17.8 Å². The first-order chi connectivity index (χ1) is 12.2. The summed E-state index contributed by atoms with van der Waals surface area (Å²) in [6, 6.07) is 7.46. The monoisotopic (exact) mass is 340 g/mol. The van der Waals surface area contributed by atoms with Gasteiger partial charge in [-0.3, -0.25) is 9.59 Å². The molecule has 1 aromatic carbocycles. The van der Waals surface area contributed by atoms with Crippen molar-refractivity contribution in [3.05, 3.63) is 29.8 Å². The number of likely N-dealkylation sites (tertiary alicyclic amines) is 1. The number of piperidine rings is 1. The number of anilines is 1. The van der Waals surface area contributed by atoms with Crippen LogP contribution in [0.5, 0.6) is 0 Å². The number of amides is 2. The van der Waals surface area contributed by atoms with Crippen LogP contribution in [0.2, 0.25) is 0 Å². The van der Waals surface area contributed by atoms with Crippen LogP contribution in [0.25, 0.3) is 0 Å². The first-order valence-electron chi connectivity index (χ1n) is 9.89. The van der Waals surface area contributed by atoms with E-state index in [-0.39, 0.29) is 11.8 Å². The average Bonchev–Trinajstić information content (AvgIpc) is 3.25. The lowest BCUT2D eigenvalue weighted by atomic mass is 9.86. The molecule has 3 atom stereocenters. The fourth-order valence-corrected chi connectivity index (χ4v) is 5.11. The Kier molecular flexibility index (Phi) is 4.78. The third-order valence-electron chi connectivity index (χ3n) is 6.41. The molecule has 2 bridgehead atoms. The maximum absolute atomic E-state index is 12.8. The van der Waals surface area contributed by atoms with Gasteiger partial charge in [-0.05, 0) is 68.4 Å². The summed E-state index contributed by atoms with van der Waals surface area (Å²) in [5, 5.41) is 3.03. The molecular weight excluding hydrogens is 312 g/mol. The van der Waals surface area contributed by atoms with E-state index in [1.165, 1.54) is 32.1 Å². The molecule has 1 aliphatic heterocycles. The molecule has 1 saturated heterocycles. The maximum atomic E-state index is 12.8. The van der Waals surface area contributed by atoms with Crippen LogP contribution in [0.3, 0.4) is 0 Å². The van der Waals surface area contributed by atoms with E-state index < -0.39 is 0 Å². The molecule has 3 fully saturated rings. The smallest absolute Gasteiger partial charge is 0.255 e. The molecule has 2 saturated carbocycles. The molecule has 1 aromatic rings. The molecule has 2 aliphatic carbocycles. The molecule has 0 spiro atoms. The Labute approximate surface area is 150 Å². The molecule has 1 N–H and O–H groups in total. The third kappa shape index (κ3) is 3.58. The SMILES string of the molecule is O=C(CC1CC2CCC1C2)Nc1ccccc1C(=O)N1CCCCC1. The van der Waals surface area contributed by atoms with Crippen LogP contribution in [0.15, 0.2) is 24.3 Å². The Balaban J connectivity index is 1.41. The number of benzene rings is 1. The van der Waals surface area contributed by atoms with Crippen LogP contribution in [-0.2, 0) is 4.79 Å². The highest BCUT2D eigenvalue weighted by molar-refractivity contribution is 6.03. The molecule has 4 nitrogen and oxygen atoms in total. The van der Waals surface area contributed by atoms with Crippen molar-refractivity contribution in [1.29, 1.82) is 0 Å². The van der Waals surface area contributed by atoms with Gasteiger partial charge in [-0.15, -0.1) is 0 Å². The predicted molar refractivity (Wildman–Crippen MR) is 98.4 cm³/mol. The summed E-state index contributed by atoms with van der Waals surface area (Å²) in [7, 11) is 0. The number of para-hydroxylation sites is 1. The van der Waals surface area contributed by atoms with Crippen molar-refractivity contribution in [3.8, 4) is 0 Å². The highest BCUT2D eigenvalue weighted by Crippen LogP contribution is 2.49. The van der Waals surface area contributed by atoms with Crippen molar-refractivity contribution in [2.45, 2.75) is 51.4 Å². The van der Waals surface area contributed by atoms with Gasteiger partial charge in [0.05, 0.1) is 11.3 Å². The fraction of sp³-hybridized carbons (Fsp3) is 0.619. The van der Waals surface area contributed by atoms with Crippen LogP contribution >= 0.6 is 0 Å². The zero-order valence-corrected chi connectivity index (χ0v) is 14.9. The summed E-state index contributed by atoms with van der Waals surface area (Å²) in [5.41, 5.74) is 1.30. The van der Waals surface area contributed by atoms with E-state index in [1.54, 1.807) is 0 Å². The fourth-order valence-electron chi connectivity index (χ4n) is 5.11. The number of nitrogens with zero attached hydrogens (tertiary/aromatic N) is 1. The quantitative estimate of drug-likeness (QED) is 0.898. The zero-order chi connectivity index (χ0) is 17.2. The highest BCUT2D eigenvalue weighted by Gasteiger charge is 2.40. The van der Waals surface area contributed by atoms with E-state index in [9.17, 15) is 9.59 Å². The molecule has 4 heteroatoms. The van der Waals surface area contributed by atoms with Gasteiger partial charge in [0.1, 0.15) is 0 Å². The van der Waals surface area contributed by atoms with Gasteiger partial charge < -0.3 is 10.2 Å². The second-order valence-electron chi connectivity index (χ2n) is 8.09. The van der Waals surface area contributed by atoms with Crippen molar-refractivity contribution < 1.29 is 9.59 Å². The van der Waals surface area contributed by atoms with E-state index in [0.717, 1.165) is 37.8 Å². The largest absolute Gasteiger partial charge is 0.339 e. The van der Waals surface area contributed by atoms with Gasteiger partial charge in [0.2, 0.25) is 5.91 Å². The third-order valence-corrected chi connectivity index (χ3v) is 6.41. The molecule has 0 aromatic heterocycles. The van der Waals surface area contributed by atoms with Crippen LogP contribution in [0.4, 0.5) is 5.69 Å². The summed E-state index contributed by atoms with van der Waals surface area (Å²) in [5.74, 6) is 2.27. The zero-order valence-electron chi connectivity index (χ0n) is 14.9. The van der Waals surface area contributed by atoms with Crippen LogP contribution in [0.1, 0.15) is 61.7 Å². The second-order valence-corrected chi connectivity index (χ2v) is 8.09. The molecule has 3 aliphatic rings. The summed E-state index contributed by atoms with van der Waals surface area (Å²) < 4.78 is 0. The number of fused-ring (bicyclic) bond motifs is 2. The predicted octanol–water partition coefficient (Wildman–Crippen LogP) is 4.08. The van der Waals surface area contributed by atoms with Gasteiger partial charge in [-0.2, -0.15) is 0 Å². The van der Waals surface area contributed by atoms with Crippen molar-refractivity contribution in [2.24, 2.45) is 17.8 Å². The lowest BCUT2D eigenvalue weighted by molar-refractivity contribution is -0.117. The Bertz CT molecular complexity index is 651. The number of nitrogens with one attached hydrogen (secondary N) is 1. The Morgan fingerprint density at radius 2 is 1.84 bits per heavy atom. The standard InChI is InChI=1S/C21H28N2O2/c24-20(14-17-13-15-8-9-16(17)12-15)22-19-7-3-2-6-18(19)21(25)23-10-4-1-5-11-23/h2-3,6-7,15-17H,1,4-5,8-14H2,(H,22,24). The van der Waals surface area contributed by atoms with Crippen LogP contribution < -0.4 is 5.32 Å². The number of hydrogen-bond acceptors (Lipinski definition) is 2. The van der Waals surface area contributed by atoms with Crippen molar-refractivity contribution in [1.82, 2.24) is 4.90 Å². The molecule has 0 radical (unpaired) electrons. The average molecular weight is 340 g/mol. The second kappa shape index (κ2) is 7.19. The maximum Gasteiger partial charge on any atom is 0.255 e. The van der Waals surface area contributed by atoms with E-state index >= 15 is 0 Å². The van der Waals surface area contributed by atoms with Gasteiger partial charge in [0, 0.05) is 19.5 Å². The minimum absolute atomic E-state index is 0.0514. The molecule has 25 heavy (non-hydrogen) atoms. The Morgan fingerprint density at radius 3 is 2.56 bits per heavy atom. The number of carbonyl (C=O) groups is 2. The summed E-state index contributed by atoms with van der Waals surface area (Å²) >= 11 is 0. The lowest BCUT2D eigenvalue weighted by Gasteiger charge is -2.27. The van der Waals surface area contributed by atoms with E-state index in [0.29, 0.717) is 23.6 Å². The Hall–Kier alpha value is -1.84. The summed E-state index contributed by atoms with van der Waals surface area (Å²) in [6.45, 7) is 1.65. The van der Waals surface area contributed by atoms with Crippen LogP contribution in [-0.4, -0.2) is 29.8 Å². The normalized spacial score (nSPS) is 28.2. The van der Waals surface area contributed by atoms with Gasteiger partial charge in [0.15, 0.2) is 0 Å². The van der Waals surface area contributed by atoms with E-state index in [1.807, 2.05) is 29.2 Å². The van der Waals surface area contributed by atoms with Gasteiger partial charge in [-0.1, -0.05) is 18.6 Å². The Morgan fingerprint density at radius 1 is 1.04 bits per heavy atom. The molecule has 4 rings (SSSR count). The first kappa shape index (κ1) is 16.6. The minimum atomic E-state index is 0.0514. The molecule has 2 amide bonds. The van der Waals surface area contributed by atoms with Gasteiger partial charge in [-0.25, -0.2) is 0 Å². The minimum Gasteiger partial charge on any atom is -0.339 e. The van der Waals surface area contributed by atoms with Gasteiger partial charge >= 0.3 is 0 Å². The van der Waals surface area contributed by atoms with Crippen molar-refractivity contribution in [2.75, 3.05) is 18.4 Å². The highest BCUT2D eigenvalue weighted by atomic mass is 16.2. The topological polar surface area (TPSA) is 49.4 Å². The van der Waals surface area contributed by atoms with Gasteiger partial charge in [0.25, 0.3) is 5.91 Å². The number of hydrogen-bond donors (Lipinski definition) is 1. The number of rotatable bonds is 4. The molecule has 134 valence electrons.